The third kappa shape index (κ3) is 2.66. The Morgan fingerprint density at radius 2 is 2.07 bits per heavy atom. The lowest BCUT2D eigenvalue weighted by Crippen LogP contribution is -2.20. The SMILES string of the molecule is Nc1cccc(C(O)C(O)CCO)n1. The van der Waals surface area contributed by atoms with E-state index in [9.17, 15) is 10.2 Å². The maximum absolute atomic E-state index is 9.57. The molecule has 78 valence electrons. The summed E-state index contributed by atoms with van der Waals surface area (Å²) in [6, 6.07) is 4.81. The smallest absolute Gasteiger partial charge is 0.123 e. The van der Waals surface area contributed by atoms with E-state index in [0.29, 0.717) is 5.69 Å². The van der Waals surface area contributed by atoms with E-state index in [4.69, 9.17) is 10.8 Å². The number of anilines is 1. The van der Waals surface area contributed by atoms with Crippen LogP contribution in [-0.4, -0.2) is 33.0 Å². The second-order valence-electron chi connectivity index (χ2n) is 3.01. The molecule has 0 amide bonds. The molecule has 0 aliphatic heterocycles. The van der Waals surface area contributed by atoms with Crippen molar-refractivity contribution in [2.75, 3.05) is 12.3 Å². The second-order valence-corrected chi connectivity index (χ2v) is 3.01. The molecule has 0 aliphatic rings. The molecule has 0 fully saturated rings. The van der Waals surface area contributed by atoms with Crippen LogP contribution in [0.25, 0.3) is 0 Å². The Hall–Kier alpha value is -1.17. The molecule has 0 bridgehead atoms. The minimum atomic E-state index is -1.11. The van der Waals surface area contributed by atoms with E-state index in [1.807, 2.05) is 0 Å². The highest BCUT2D eigenvalue weighted by molar-refractivity contribution is 5.29. The van der Waals surface area contributed by atoms with E-state index in [-0.39, 0.29) is 18.8 Å². The summed E-state index contributed by atoms with van der Waals surface area (Å²) in [5, 5.41) is 27.5. The van der Waals surface area contributed by atoms with E-state index in [1.165, 1.54) is 0 Å². The highest BCUT2D eigenvalue weighted by Crippen LogP contribution is 2.17. The predicted octanol–water partition coefficient (Wildman–Crippen LogP) is -0.560. The van der Waals surface area contributed by atoms with Gasteiger partial charge in [-0.3, -0.25) is 0 Å². The average molecular weight is 198 g/mol. The largest absolute Gasteiger partial charge is 0.396 e. The molecule has 0 aliphatic carbocycles. The van der Waals surface area contributed by atoms with Gasteiger partial charge in [0.15, 0.2) is 0 Å². The van der Waals surface area contributed by atoms with Crippen molar-refractivity contribution in [2.45, 2.75) is 18.6 Å². The fourth-order valence-electron chi connectivity index (χ4n) is 1.12. The summed E-state index contributed by atoms with van der Waals surface area (Å²) in [6.07, 6.45) is -2.02. The number of aromatic nitrogens is 1. The predicted molar refractivity (Wildman–Crippen MR) is 51.3 cm³/mol. The van der Waals surface area contributed by atoms with Crippen molar-refractivity contribution in [3.8, 4) is 0 Å². The first kappa shape index (κ1) is 10.9. The Labute approximate surface area is 81.8 Å². The van der Waals surface area contributed by atoms with Crippen LogP contribution in [0, 0.1) is 0 Å². The van der Waals surface area contributed by atoms with Gasteiger partial charge in [0.25, 0.3) is 0 Å². The number of nitrogen functional groups attached to an aromatic ring is 1. The monoisotopic (exact) mass is 198 g/mol. The van der Waals surface area contributed by atoms with Crippen LogP contribution >= 0.6 is 0 Å². The third-order valence-corrected chi connectivity index (χ3v) is 1.88. The standard InChI is InChI=1S/C9H14N2O3/c10-8-3-1-2-6(11-8)9(14)7(13)4-5-12/h1-3,7,9,12-14H,4-5H2,(H2,10,11). The number of hydrogen-bond acceptors (Lipinski definition) is 5. The Balaban J connectivity index is 2.73. The number of nitrogens with two attached hydrogens (primary N) is 1. The number of rotatable bonds is 4. The zero-order valence-electron chi connectivity index (χ0n) is 7.67. The van der Waals surface area contributed by atoms with Gasteiger partial charge >= 0.3 is 0 Å². The minimum absolute atomic E-state index is 0.109. The molecule has 2 unspecified atom stereocenters. The maximum Gasteiger partial charge on any atom is 0.123 e. The molecule has 5 heteroatoms. The van der Waals surface area contributed by atoms with Crippen LogP contribution in [0.3, 0.4) is 0 Å². The lowest BCUT2D eigenvalue weighted by molar-refractivity contribution is 0.00200. The molecule has 2 atom stereocenters. The van der Waals surface area contributed by atoms with Crippen molar-refractivity contribution in [3.63, 3.8) is 0 Å². The van der Waals surface area contributed by atoms with Gasteiger partial charge in [-0.2, -0.15) is 0 Å². The Bertz CT molecular complexity index is 293. The van der Waals surface area contributed by atoms with Gasteiger partial charge in [0.2, 0.25) is 0 Å². The van der Waals surface area contributed by atoms with Gasteiger partial charge in [-0.1, -0.05) is 6.07 Å². The zero-order valence-corrected chi connectivity index (χ0v) is 7.67. The topological polar surface area (TPSA) is 99.6 Å². The highest BCUT2D eigenvalue weighted by atomic mass is 16.3. The first-order valence-corrected chi connectivity index (χ1v) is 4.34. The maximum atomic E-state index is 9.57. The van der Waals surface area contributed by atoms with Crippen molar-refractivity contribution in [2.24, 2.45) is 0 Å². The number of aliphatic hydroxyl groups excluding tert-OH is 3. The molecule has 0 saturated carbocycles. The van der Waals surface area contributed by atoms with E-state index in [0.717, 1.165) is 0 Å². The quantitative estimate of drug-likeness (QED) is 0.519. The summed E-state index contributed by atoms with van der Waals surface area (Å²) < 4.78 is 0. The normalized spacial score (nSPS) is 15.1. The zero-order chi connectivity index (χ0) is 10.6. The highest BCUT2D eigenvalue weighted by Gasteiger charge is 2.18. The van der Waals surface area contributed by atoms with E-state index >= 15 is 0 Å². The summed E-state index contributed by atoms with van der Waals surface area (Å²) in [5.74, 6) is 0.290. The fraction of sp³-hybridized carbons (Fsp3) is 0.444. The van der Waals surface area contributed by atoms with Crippen LogP contribution in [0.4, 0.5) is 5.82 Å². The van der Waals surface area contributed by atoms with Gasteiger partial charge < -0.3 is 21.1 Å². The van der Waals surface area contributed by atoms with Crippen molar-refractivity contribution in [1.29, 1.82) is 0 Å². The Morgan fingerprint density at radius 3 is 2.64 bits per heavy atom. The molecule has 1 aromatic rings. The van der Waals surface area contributed by atoms with Crippen molar-refractivity contribution in [1.82, 2.24) is 4.98 Å². The second kappa shape index (κ2) is 4.90. The van der Waals surface area contributed by atoms with Gasteiger partial charge in [-0.05, 0) is 18.6 Å². The average Bonchev–Trinajstić information content (AvgIpc) is 2.17. The number of nitrogens with zero attached hydrogens (tertiary/aromatic N) is 1. The summed E-state index contributed by atoms with van der Waals surface area (Å²) in [7, 11) is 0. The van der Waals surface area contributed by atoms with Gasteiger partial charge in [0, 0.05) is 6.61 Å². The number of aliphatic hydroxyl groups is 3. The number of pyridine rings is 1. The van der Waals surface area contributed by atoms with Crippen LogP contribution < -0.4 is 5.73 Å². The molecule has 5 nitrogen and oxygen atoms in total. The lowest BCUT2D eigenvalue weighted by atomic mass is 10.1. The molecule has 5 N–H and O–H groups in total. The molecule has 0 spiro atoms. The minimum Gasteiger partial charge on any atom is -0.396 e. The van der Waals surface area contributed by atoms with Crippen molar-refractivity contribution >= 4 is 5.82 Å². The summed E-state index contributed by atoms with van der Waals surface area (Å²) >= 11 is 0. The molecule has 0 radical (unpaired) electrons. The summed E-state index contributed by atoms with van der Waals surface area (Å²) in [5.41, 5.74) is 5.73. The van der Waals surface area contributed by atoms with Crippen LogP contribution in [0.5, 0.6) is 0 Å². The molecule has 1 heterocycles. The molecule has 1 rings (SSSR count). The van der Waals surface area contributed by atoms with Gasteiger partial charge in [0.1, 0.15) is 11.9 Å². The van der Waals surface area contributed by atoms with Crippen molar-refractivity contribution < 1.29 is 15.3 Å². The van der Waals surface area contributed by atoms with E-state index < -0.39 is 12.2 Å². The van der Waals surface area contributed by atoms with Crippen LogP contribution in [0.15, 0.2) is 18.2 Å². The summed E-state index contributed by atoms with van der Waals surface area (Å²) in [6.45, 7) is -0.180. The fourth-order valence-corrected chi connectivity index (χ4v) is 1.12. The third-order valence-electron chi connectivity index (χ3n) is 1.88. The van der Waals surface area contributed by atoms with Gasteiger partial charge in [0.05, 0.1) is 11.8 Å². The molecule has 1 aromatic heterocycles. The molecule has 0 aromatic carbocycles. The first-order valence-electron chi connectivity index (χ1n) is 4.34. The van der Waals surface area contributed by atoms with E-state index in [1.54, 1.807) is 18.2 Å². The van der Waals surface area contributed by atoms with Crippen LogP contribution in [0.1, 0.15) is 18.2 Å². The molecule has 14 heavy (non-hydrogen) atoms. The lowest BCUT2D eigenvalue weighted by Gasteiger charge is -2.16. The molecular formula is C9H14N2O3. The van der Waals surface area contributed by atoms with E-state index in [2.05, 4.69) is 4.98 Å². The Kier molecular flexibility index (Phi) is 3.82. The molecule has 0 saturated heterocycles. The first-order chi connectivity index (χ1) is 6.65. The van der Waals surface area contributed by atoms with Crippen molar-refractivity contribution in [3.05, 3.63) is 23.9 Å². The Morgan fingerprint density at radius 1 is 1.36 bits per heavy atom. The van der Waals surface area contributed by atoms with Gasteiger partial charge in [-0.25, -0.2) is 4.98 Å². The van der Waals surface area contributed by atoms with Crippen LogP contribution in [0.2, 0.25) is 0 Å². The number of hydrogen-bond donors (Lipinski definition) is 4. The summed E-state index contributed by atoms with van der Waals surface area (Å²) in [4.78, 5) is 3.86. The van der Waals surface area contributed by atoms with Crippen LogP contribution in [-0.2, 0) is 0 Å². The molecular weight excluding hydrogens is 184 g/mol. The van der Waals surface area contributed by atoms with Gasteiger partial charge in [-0.15, -0.1) is 0 Å².